The standard InChI is InChI=1S/C18H17F3N2O2/c1-11-4-2-7-15(22-11)17(25)23-10-14(24)9-16(23)12-5-3-6-13(8-12)18(19,20)21/h2-8,14,16,24H,9-10H2,1H3/t14-,16-/m1/s1. The van der Waals surface area contributed by atoms with Crippen molar-refractivity contribution < 1.29 is 23.1 Å². The number of aryl methyl sites for hydroxylation is 1. The number of hydrogen-bond donors (Lipinski definition) is 1. The molecule has 4 nitrogen and oxygen atoms in total. The molecule has 0 aliphatic carbocycles. The molecule has 0 bridgehead atoms. The summed E-state index contributed by atoms with van der Waals surface area (Å²) in [5.74, 6) is -0.400. The largest absolute Gasteiger partial charge is 0.416 e. The molecule has 132 valence electrons. The molecule has 2 aromatic rings. The van der Waals surface area contributed by atoms with Crippen LogP contribution in [0.1, 0.15) is 39.8 Å². The van der Waals surface area contributed by atoms with E-state index >= 15 is 0 Å². The summed E-state index contributed by atoms with van der Waals surface area (Å²) < 4.78 is 38.9. The van der Waals surface area contributed by atoms with Crippen LogP contribution >= 0.6 is 0 Å². The van der Waals surface area contributed by atoms with E-state index < -0.39 is 29.8 Å². The van der Waals surface area contributed by atoms with Crippen molar-refractivity contribution in [3.63, 3.8) is 0 Å². The lowest BCUT2D eigenvalue weighted by Crippen LogP contribution is -2.32. The predicted molar refractivity (Wildman–Crippen MR) is 84.8 cm³/mol. The van der Waals surface area contributed by atoms with E-state index in [0.29, 0.717) is 11.3 Å². The van der Waals surface area contributed by atoms with Crippen LogP contribution < -0.4 is 0 Å². The van der Waals surface area contributed by atoms with E-state index in [1.54, 1.807) is 31.2 Å². The molecular formula is C18H17F3N2O2. The normalized spacial score (nSPS) is 20.8. The zero-order valence-electron chi connectivity index (χ0n) is 13.5. The Balaban J connectivity index is 1.94. The Labute approximate surface area is 142 Å². The Hall–Kier alpha value is -2.41. The SMILES string of the molecule is Cc1cccc(C(=O)N2C[C@H](O)C[C@@H]2c2cccc(C(F)(F)F)c2)n1. The minimum atomic E-state index is -4.46. The van der Waals surface area contributed by atoms with Gasteiger partial charge in [0.2, 0.25) is 0 Å². The van der Waals surface area contributed by atoms with Gasteiger partial charge in [0.15, 0.2) is 0 Å². The Bertz CT molecular complexity index is 792. The number of aliphatic hydroxyl groups excluding tert-OH is 1. The maximum Gasteiger partial charge on any atom is 0.416 e. The molecule has 3 rings (SSSR count). The van der Waals surface area contributed by atoms with Crippen molar-refractivity contribution in [3.05, 3.63) is 65.0 Å². The summed E-state index contributed by atoms with van der Waals surface area (Å²) in [6.45, 7) is 1.81. The van der Waals surface area contributed by atoms with Gasteiger partial charge in [-0.25, -0.2) is 4.98 Å². The Morgan fingerprint density at radius 2 is 1.96 bits per heavy atom. The first-order valence-electron chi connectivity index (χ1n) is 7.85. The maximum atomic E-state index is 13.0. The number of nitrogens with zero attached hydrogens (tertiary/aromatic N) is 2. The van der Waals surface area contributed by atoms with E-state index in [1.807, 2.05) is 0 Å². The zero-order chi connectivity index (χ0) is 18.2. The van der Waals surface area contributed by atoms with Gasteiger partial charge in [0.1, 0.15) is 5.69 Å². The molecule has 2 atom stereocenters. The van der Waals surface area contributed by atoms with Gasteiger partial charge in [-0.05, 0) is 43.2 Å². The summed E-state index contributed by atoms with van der Waals surface area (Å²) in [5.41, 5.74) is 0.465. The number of carbonyl (C=O) groups excluding carboxylic acids is 1. The molecule has 2 heterocycles. The minimum Gasteiger partial charge on any atom is -0.391 e. The number of hydrogen-bond acceptors (Lipinski definition) is 3. The van der Waals surface area contributed by atoms with Crippen molar-refractivity contribution in [1.29, 1.82) is 0 Å². The summed E-state index contributed by atoms with van der Waals surface area (Å²) >= 11 is 0. The van der Waals surface area contributed by atoms with Gasteiger partial charge < -0.3 is 10.0 Å². The fourth-order valence-corrected chi connectivity index (χ4v) is 3.09. The molecule has 1 fully saturated rings. The lowest BCUT2D eigenvalue weighted by molar-refractivity contribution is -0.137. The molecule has 0 spiro atoms. The van der Waals surface area contributed by atoms with Crippen molar-refractivity contribution >= 4 is 5.91 Å². The second-order valence-electron chi connectivity index (χ2n) is 6.15. The van der Waals surface area contributed by atoms with Gasteiger partial charge in [-0.15, -0.1) is 0 Å². The van der Waals surface area contributed by atoms with Gasteiger partial charge >= 0.3 is 6.18 Å². The van der Waals surface area contributed by atoms with Crippen molar-refractivity contribution in [1.82, 2.24) is 9.88 Å². The molecule has 0 saturated carbocycles. The van der Waals surface area contributed by atoms with Crippen LogP contribution in [0, 0.1) is 6.92 Å². The predicted octanol–water partition coefficient (Wildman–Crippen LogP) is 3.36. The van der Waals surface area contributed by atoms with Crippen LogP contribution in [0.3, 0.4) is 0 Å². The van der Waals surface area contributed by atoms with Gasteiger partial charge in [0.05, 0.1) is 17.7 Å². The maximum absolute atomic E-state index is 13.0. The molecule has 25 heavy (non-hydrogen) atoms. The van der Waals surface area contributed by atoms with Crippen LogP contribution in [0.15, 0.2) is 42.5 Å². The number of rotatable bonds is 2. The summed E-state index contributed by atoms with van der Waals surface area (Å²) in [7, 11) is 0. The lowest BCUT2D eigenvalue weighted by Gasteiger charge is -2.25. The quantitative estimate of drug-likeness (QED) is 0.904. The van der Waals surface area contributed by atoms with Crippen molar-refractivity contribution in [3.8, 4) is 0 Å². The van der Waals surface area contributed by atoms with Gasteiger partial charge in [-0.1, -0.05) is 18.2 Å². The number of aliphatic hydroxyl groups is 1. The summed E-state index contributed by atoms with van der Waals surface area (Å²) in [4.78, 5) is 18.3. The van der Waals surface area contributed by atoms with Crippen LogP contribution in [0.5, 0.6) is 0 Å². The van der Waals surface area contributed by atoms with Crippen LogP contribution in [0.25, 0.3) is 0 Å². The van der Waals surface area contributed by atoms with E-state index in [4.69, 9.17) is 0 Å². The van der Waals surface area contributed by atoms with E-state index in [-0.39, 0.29) is 18.7 Å². The molecule has 1 amide bonds. The highest BCUT2D eigenvalue weighted by Crippen LogP contribution is 2.36. The highest BCUT2D eigenvalue weighted by atomic mass is 19.4. The van der Waals surface area contributed by atoms with Gasteiger partial charge in [0, 0.05) is 12.2 Å². The number of likely N-dealkylation sites (tertiary alicyclic amines) is 1. The Kier molecular flexibility index (Phi) is 4.51. The second-order valence-corrected chi connectivity index (χ2v) is 6.15. The zero-order valence-corrected chi connectivity index (χ0v) is 13.5. The van der Waals surface area contributed by atoms with Crippen LogP contribution in [0.4, 0.5) is 13.2 Å². The van der Waals surface area contributed by atoms with Crippen molar-refractivity contribution in [2.75, 3.05) is 6.54 Å². The van der Waals surface area contributed by atoms with E-state index in [9.17, 15) is 23.1 Å². The Morgan fingerprint density at radius 3 is 2.64 bits per heavy atom. The third kappa shape index (κ3) is 3.66. The van der Waals surface area contributed by atoms with E-state index in [0.717, 1.165) is 12.1 Å². The minimum absolute atomic E-state index is 0.0648. The first kappa shape index (κ1) is 17.4. The molecule has 0 unspecified atom stereocenters. The van der Waals surface area contributed by atoms with Crippen molar-refractivity contribution in [2.24, 2.45) is 0 Å². The molecule has 1 aromatic carbocycles. The number of amides is 1. The average Bonchev–Trinajstić information content (AvgIpc) is 2.95. The Morgan fingerprint density at radius 1 is 1.24 bits per heavy atom. The molecule has 1 N–H and O–H groups in total. The van der Waals surface area contributed by atoms with Crippen molar-refractivity contribution in [2.45, 2.75) is 31.7 Å². The first-order valence-corrected chi connectivity index (χ1v) is 7.85. The number of aromatic nitrogens is 1. The summed E-state index contributed by atoms with van der Waals surface area (Å²) in [5, 5.41) is 9.97. The van der Waals surface area contributed by atoms with Gasteiger partial charge in [-0.3, -0.25) is 4.79 Å². The summed E-state index contributed by atoms with van der Waals surface area (Å²) in [6.07, 6.45) is -5.05. The molecule has 1 saturated heterocycles. The second kappa shape index (κ2) is 6.48. The molecular weight excluding hydrogens is 333 g/mol. The van der Waals surface area contributed by atoms with Crippen LogP contribution in [-0.2, 0) is 6.18 Å². The number of pyridine rings is 1. The number of alkyl halides is 3. The molecule has 1 aliphatic heterocycles. The van der Waals surface area contributed by atoms with Crippen LogP contribution in [0.2, 0.25) is 0 Å². The first-order chi connectivity index (χ1) is 11.8. The molecule has 0 radical (unpaired) electrons. The monoisotopic (exact) mass is 350 g/mol. The average molecular weight is 350 g/mol. The van der Waals surface area contributed by atoms with E-state index in [2.05, 4.69) is 4.98 Å². The number of benzene rings is 1. The third-order valence-electron chi connectivity index (χ3n) is 4.25. The highest BCUT2D eigenvalue weighted by Gasteiger charge is 2.38. The molecule has 7 heteroatoms. The topological polar surface area (TPSA) is 53.4 Å². The smallest absolute Gasteiger partial charge is 0.391 e. The number of halogens is 3. The molecule has 1 aromatic heterocycles. The summed E-state index contributed by atoms with van der Waals surface area (Å²) in [6, 6.07) is 9.27. The van der Waals surface area contributed by atoms with Gasteiger partial charge in [0.25, 0.3) is 5.91 Å². The lowest BCUT2D eigenvalue weighted by atomic mass is 10.0. The highest BCUT2D eigenvalue weighted by molar-refractivity contribution is 5.92. The third-order valence-corrected chi connectivity index (χ3v) is 4.25. The molecule has 1 aliphatic rings. The van der Waals surface area contributed by atoms with Crippen LogP contribution in [-0.4, -0.2) is 33.5 Å². The fourth-order valence-electron chi connectivity index (χ4n) is 3.09. The fraction of sp³-hybridized carbons (Fsp3) is 0.333. The van der Waals surface area contributed by atoms with Gasteiger partial charge in [-0.2, -0.15) is 13.2 Å². The number of β-amino-alcohol motifs (C(OH)–C–C–N with tert-alkyl or cyclic N) is 1. The number of carbonyl (C=O) groups is 1. The van der Waals surface area contributed by atoms with E-state index in [1.165, 1.54) is 11.0 Å².